The largest absolute Gasteiger partial charge is 0.385 e. The molecular formula is C18H23N5O3. The number of rotatable bonds is 9. The van der Waals surface area contributed by atoms with Gasteiger partial charge in [-0.25, -0.2) is 4.99 Å². The number of aromatic nitrogens is 1. The molecule has 0 amide bonds. The summed E-state index contributed by atoms with van der Waals surface area (Å²) in [5.41, 5.74) is 1.88. The fourth-order valence-electron chi connectivity index (χ4n) is 2.17. The van der Waals surface area contributed by atoms with Crippen LogP contribution in [0.15, 0.2) is 53.7 Å². The van der Waals surface area contributed by atoms with Crippen LogP contribution >= 0.6 is 0 Å². The number of nitro benzene ring substituents is 1. The maximum absolute atomic E-state index is 10.7. The van der Waals surface area contributed by atoms with E-state index in [9.17, 15) is 10.1 Å². The molecule has 0 aliphatic heterocycles. The monoisotopic (exact) mass is 357 g/mol. The van der Waals surface area contributed by atoms with Gasteiger partial charge in [0.05, 0.1) is 23.7 Å². The number of nitro groups is 1. The van der Waals surface area contributed by atoms with E-state index in [1.807, 2.05) is 18.2 Å². The minimum atomic E-state index is -0.412. The number of nitrogens with one attached hydrogen (secondary N) is 2. The maximum Gasteiger partial charge on any atom is 0.269 e. The maximum atomic E-state index is 10.7. The number of non-ortho nitro benzene ring substituents is 1. The smallest absolute Gasteiger partial charge is 0.269 e. The van der Waals surface area contributed by atoms with E-state index in [4.69, 9.17) is 4.74 Å². The molecular weight excluding hydrogens is 334 g/mol. The van der Waals surface area contributed by atoms with Crippen LogP contribution in [0.25, 0.3) is 0 Å². The first-order chi connectivity index (χ1) is 12.7. The lowest BCUT2D eigenvalue weighted by molar-refractivity contribution is -0.384. The molecule has 0 spiro atoms. The van der Waals surface area contributed by atoms with Crippen molar-refractivity contribution in [3.05, 3.63) is 70.0 Å². The molecule has 0 aliphatic rings. The highest BCUT2D eigenvalue weighted by Crippen LogP contribution is 2.12. The third-order valence-corrected chi connectivity index (χ3v) is 3.55. The Morgan fingerprint density at radius 3 is 2.69 bits per heavy atom. The molecule has 0 saturated heterocycles. The Bertz CT molecular complexity index is 705. The average molecular weight is 357 g/mol. The Morgan fingerprint density at radius 1 is 1.23 bits per heavy atom. The minimum absolute atomic E-state index is 0.0731. The Hall–Kier alpha value is -3.00. The Labute approximate surface area is 152 Å². The number of benzene rings is 1. The number of aliphatic imine (C=N–C) groups is 1. The van der Waals surface area contributed by atoms with E-state index in [0.717, 1.165) is 24.2 Å². The first-order valence-corrected chi connectivity index (χ1v) is 8.33. The average Bonchev–Trinajstić information content (AvgIpc) is 2.67. The Morgan fingerprint density at radius 2 is 2.04 bits per heavy atom. The minimum Gasteiger partial charge on any atom is -0.385 e. The van der Waals surface area contributed by atoms with E-state index in [1.165, 1.54) is 12.1 Å². The van der Waals surface area contributed by atoms with E-state index in [0.29, 0.717) is 25.7 Å². The third-order valence-electron chi connectivity index (χ3n) is 3.55. The molecule has 2 aromatic rings. The number of nitrogens with zero attached hydrogens (tertiary/aromatic N) is 3. The summed E-state index contributed by atoms with van der Waals surface area (Å²) in [6, 6.07) is 12.1. The van der Waals surface area contributed by atoms with Crippen LogP contribution in [0.1, 0.15) is 17.7 Å². The number of hydrogen-bond acceptors (Lipinski definition) is 5. The van der Waals surface area contributed by atoms with Crippen molar-refractivity contribution in [3.63, 3.8) is 0 Å². The predicted octanol–water partition coefficient (Wildman–Crippen LogP) is 2.26. The van der Waals surface area contributed by atoms with Crippen LogP contribution in [0.2, 0.25) is 0 Å². The summed E-state index contributed by atoms with van der Waals surface area (Å²) < 4.78 is 5.05. The molecule has 1 aromatic heterocycles. The number of methoxy groups -OCH3 is 1. The first-order valence-electron chi connectivity index (χ1n) is 8.33. The molecule has 0 fully saturated rings. The van der Waals surface area contributed by atoms with Gasteiger partial charge in [0, 0.05) is 38.6 Å². The zero-order valence-corrected chi connectivity index (χ0v) is 14.7. The van der Waals surface area contributed by atoms with Gasteiger partial charge in [0.25, 0.3) is 5.69 Å². The van der Waals surface area contributed by atoms with Gasteiger partial charge in [-0.15, -0.1) is 0 Å². The summed E-state index contributed by atoms with van der Waals surface area (Å²) in [5.74, 6) is 0.658. The van der Waals surface area contributed by atoms with Crippen molar-refractivity contribution in [1.82, 2.24) is 15.6 Å². The molecule has 0 radical (unpaired) electrons. The standard InChI is InChI=1S/C18H23N5O3/c1-26-12-4-11-20-18(22-14-16-5-2-3-10-19-16)21-13-15-6-8-17(9-7-15)23(24)25/h2-3,5-10H,4,11-14H2,1H3,(H2,20,21,22). The highest BCUT2D eigenvalue weighted by atomic mass is 16.6. The van der Waals surface area contributed by atoms with Gasteiger partial charge in [0.15, 0.2) is 5.96 Å². The molecule has 2 N–H and O–H groups in total. The molecule has 0 bridgehead atoms. The summed E-state index contributed by atoms with van der Waals surface area (Å²) in [6.45, 7) is 2.36. The summed E-state index contributed by atoms with van der Waals surface area (Å²) in [6.07, 6.45) is 2.61. The Kier molecular flexibility index (Phi) is 8.01. The Balaban J connectivity index is 1.96. The fraction of sp³-hybridized carbons (Fsp3) is 0.333. The highest BCUT2D eigenvalue weighted by molar-refractivity contribution is 5.79. The van der Waals surface area contributed by atoms with Gasteiger partial charge >= 0.3 is 0 Å². The second kappa shape index (κ2) is 10.8. The highest BCUT2D eigenvalue weighted by Gasteiger charge is 2.04. The first kappa shape index (κ1) is 19.3. The lowest BCUT2D eigenvalue weighted by atomic mass is 10.2. The van der Waals surface area contributed by atoms with Crippen LogP contribution in [-0.2, 0) is 17.8 Å². The van der Waals surface area contributed by atoms with Crippen LogP contribution in [-0.4, -0.2) is 36.1 Å². The van der Waals surface area contributed by atoms with Crippen LogP contribution < -0.4 is 10.6 Å². The molecule has 26 heavy (non-hydrogen) atoms. The summed E-state index contributed by atoms with van der Waals surface area (Å²) in [7, 11) is 1.67. The van der Waals surface area contributed by atoms with Gasteiger partial charge in [0.1, 0.15) is 0 Å². The van der Waals surface area contributed by atoms with Gasteiger partial charge in [-0.3, -0.25) is 15.1 Å². The van der Waals surface area contributed by atoms with Crippen molar-refractivity contribution in [1.29, 1.82) is 0 Å². The van der Waals surface area contributed by atoms with E-state index in [1.54, 1.807) is 25.4 Å². The van der Waals surface area contributed by atoms with Gasteiger partial charge in [-0.1, -0.05) is 18.2 Å². The zero-order chi connectivity index (χ0) is 18.6. The summed E-state index contributed by atoms with van der Waals surface area (Å²) in [5, 5.41) is 17.2. The lowest BCUT2D eigenvalue weighted by Crippen LogP contribution is -2.38. The van der Waals surface area contributed by atoms with Crippen LogP contribution in [0.4, 0.5) is 5.69 Å². The molecule has 138 valence electrons. The molecule has 2 rings (SSSR count). The lowest BCUT2D eigenvalue weighted by Gasteiger charge is -2.12. The van der Waals surface area contributed by atoms with E-state index < -0.39 is 4.92 Å². The molecule has 0 unspecified atom stereocenters. The van der Waals surface area contributed by atoms with E-state index >= 15 is 0 Å². The van der Waals surface area contributed by atoms with Crippen molar-refractivity contribution in [2.45, 2.75) is 19.5 Å². The van der Waals surface area contributed by atoms with Crippen LogP contribution in [0, 0.1) is 10.1 Å². The SMILES string of the molecule is COCCCNC(=NCc1ccc([N+](=O)[O-])cc1)NCc1ccccn1. The molecule has 8 nitrogen and oxygen atoms in total. The van der Waals surface area contributed by atoms with Crippen molar-refractivity contribution in [3.8, 4) is 0 Å². The molecule has 8 heteroatoms. The van der Waals surface area contributed by atoms with E-state index in [-0.39, 0.29) is 5.69 Å². The number of guanidine groups is 1. The fourth-order valence-corrected chi connectivity index (χ4v) is 2.17. The topological polar surface area (TPSA) is 102 Å². The molecule has 1 heterocycles. The number of ether oxygens (including phenoxy) is 1. The zero-order valence-electron chi connectivity index (χ0n) is 14.7. The van der Waals surface area contributed by atoms with Crippen molar-refractivity contribution >= 4 is 11.6 Å². The van der Waals surface area contributed by atoms with Gasteiger partial charge < -0.3 is 15.4 Å². The van der Waals surface area contributed by atoms with E-state index in [2.05, 4.69) is 20.6 Å². The predicted molar refractivity (Wildman–Crippen MR) is 99.8 cm³/mol. The second-order valence-electron chi connectivity index (χ2n) is 5.54. The quantitative estimate of drug-likeness (QED) is 0.235. The van der Waals surface area contributed by atoms with Crippen molar-refractivity contribution in [2.75, 3.05) is 20.3 Å². The third kappa shape index (κ3) is 6.86. The summed E-state index contributed by atoms with van der Waals surface area (Å²) >= 11 is 0. The molecule has 1 aromatic carbocycles. The van der Waals surface area contributed by atoms with Gasteiger partial charge in [-0.05, 0) is 24.1 Å². The van der Waals surface area contributed by atoms with Crippen LogP contribution in [0.3, 0.4) is 0 Å². The van der Waals surface area contributed by atoms with Crippen molar-refractivity contribution < 1.29 is 9.66 Å². The van der Waals surface area contributed by atoms with Crippen LogP contribution in [0.5, 0.6) is 0 Å². The normalized spacial score (nSPS) is 11.2. The molecule has 0 aliphatic carbocycles. The number of hydrogen-bond donors (Lipinski definition) is 2. The number of pyridine rings is 1. The van der Waals surface area contributed by atoms with Gasteiger partial charge in [0.2, 0.25) is 0 Å². The second-order valence-corrected chi connectivity index (χ2v) is 5.54. The van der Waals surface area contributed by atoms with Crippen molar-refractivity contribution in [2.24, 2.45) is 4.99 Å². The van der Waals surface area contributed by atoms with Gasteiger partial charge in [-0.2, -0.15) is 0 Å². The molecule has 0 saturated carbocycles. The molecule has 0 atom stereocenters. The summed E-state index contributed by atoms with van der Waals surface area (Å²) in [4.78, 5) is 19.1.